The fourth-order valence-electron chi connectivity index (χ4n) is 2.57. The third-order valence-corrected chi connectivity index (χ3v) is 6.64. The first-order chi connectivity index (χ1) is 13.7. The van der Waals surface area contributed by atoms with Crippen LogP contribution in [0, 0.1) is 0 Å². The van der Waals surface area contributed by atoms with Crippen molar-refractivity contribution in [2.24, 2.45) is 0 Å². The number of nitrogens with zero attached hydrogens (tertiary/aromatic N) is 2. The Balaban J connectivity index is 1.60. The lowest BCUT2D eigenvalue weighted by Gasteiger charge is -2.08. The van der Waals surface area contributed by atoms with E-state index in [1.807, 2.05) is 0 Å². The van der Waals surface area contributed by atoms with Crippen LogP contribution in [0.1, 0.15) is 30.9 Å². The molecule has 0 saturated carbocycles. The topological polar surface area (TPSA) is 102 Å². The normalized spacial score (nSPS) is 11.6. The molecule has 3 aromatic rings. The average Bonchev–Trinajstić information content (AvgIpc) is 3.10. The largest absolute Gasteiger partial charge is 0.407 e. The number of benzene rings is 2. The molecule has 1 aromatic heterocycles. The number of hydrogen-bond acceptors (Lipinski definition) is 6. The summed E-state index contributed by atoms with van der Waals surface area (Å²) < 4.78 is 29.8. The number of hydrogen-bond donors (Lipinski definition) is 1. The van der Waals surface area contributed by atoms with Gasteiger partial charge in [-0.2, -0.15) is 0 Å². The highest BCUT2D eigenvalue weighted by molar-refractivity contribution is 7.92. The molecule has 29 heavy (non-hydrogen) atoms. The van der Waals surface area contributed by atoms with Crippen molar-refractivity contribution < 1.29 is 17.6 Å². The Morgan fingerprint density at radius 3 is 2.28 bits per heavy atom. The Morgan fingerprint density at radius 2 is 1.66 bits per heavy atom. The summed E-state index contributed by atoms with van der Waals surface area (Å²) in [5.41, 5.74) is 1.62. The first-order valence-corrected chi connectivity index (χ1v) is 10.9. The van der Waals surface area contributed by atoms with Gasteiger partial charge in [0.05, 0.1) is 23.0 Å². The number of aromatic nitrogens is 2. The summed E-state index contributed by atoms with van der Waals surface area (Å²) in [6.07, 6.45) is 0.475. The molecule has 1 amide bonds. The second-order valence-electron chi connectivity index (χ2n) is 6.77. The van der Waals surface area contributed by atoms with E-state index in [2.05, 4.69) is 15.5 Å². The van der Waals surface area contributed by atoms with Crippen LogP contribution >= 0.6 is 11.6 Å². The molecular formula is C20H20ClN3O4S. The molecule has 1 N–H and O–H groups in total. The molecule has 0 saturated heterocycles. The third-order valence-electron chi connectivity index (χ3n) is 4.22. The van der Waals surface area contributed by atoms with E-state index in [0.717, 1.165) is 11.1 Å². The number of sulfone groups is 1. The predicted octanol–water partition coefficient (Wildman–Crippen LogP) is 3.68. The number of carbonyl (C=O) groups excluding carboxylic acids is 1. The summed E-state index contributed by atoms with van der Waals surface area (Å²) in [6.45, 7) is 3.29. The fourth-order valence-corrected chi connectivity index (χ4v) is 3.76. The maximum absolute atomic E-state index is 12.2. The predicted molar refractivity (Wildman–Crippen MR) is 110 cm³/mol. The van der Waals surface area contributed by atoms with Crippen LogP contribution in [0.25, 0.3) is 0 Å². The van der Waals surface area contributed by atoms with E-state index < -0.39 is 15.1 Å². The molecular weight excluding hydrogens is 414 g/mol. The van der Waals surface area contributed by atoms with Crippen LogP contribution in [0.15, 0.2) is 57.8 Å². The standard InChI is InChI=1S/C20H20ClN3O4S/c1-13(2)29(26,27)17-9-5-15(6-10-17)12-19-23-24-20(28-19)22-18(25)11-14-3-7-16(21)8-4-14/h3-10,13H,11-12H2,1-2H3,(H,22,24,25). The second kappa shape index (κ2) is 8.75. The zero-order valence-electron chi connectivity index (χ0n) is 15.9. The highest BCUT2D eigenvalue weighted by atomic mass is 35.5. The SMILES string of the molecule is CC(C)S(=O)(=O)c1ccc(Cc2nnc(NC(=O)Cc3ccc(Cl)cc3)o2)cc1. The van der Waals surface area contributed by atoms with Crippen LogP contribution in [0.5, 0.6) is 0 Å². The molecule has 9 heteroatoms. The molecule has 0 aliphatic carbocycles. The second-order valence-corrected chi connectivity index (χ2v) is 9.71. The zero-order chi connectivity index (χ0) is 21.0. The molecule has 0 fully saturated rings. The van der Waals surface area contributed by atoms with E-state index in [0.29, 0.717) is 17.3 Å². The van der Waals surface area contributed by atoms with Crippen LogP contribution in [-0.4, -0.2) is 29.8 Å². The van der Waals surface area contributed by atoms with Gasteiger partial charge in [-0.25, -0.2) is 8.42 Å². The van der Waals surface area contributed by atoms with E-state index in [4.69, 9.17) is 16.0 Å². The molecule has 3 rings (SSSR count). The Hall–Kier alpha value is -2.71. The van der Waals surface area contributed by atoms with Crippen LogP contribution in [0.4, 0.5) is 6.01 Å². The van der Waals surface area contributed by atoms with Gasteiger partial charge in [-0.15, -0.1) is 5.10 Å². The quantitative estimate of drug-likeness (QED) is 0.609. The highest BCUT2D eigenvalue weighted by Gasteiger charge is 2.19. The number of halogens is 1. The van der Waals surface area contributed by atoms with Crippen LogP contribution in [0.2, 0.25) is 5.02 Å². The van der Waals surface area contributed by atoms with Crippen molar-refractivity contribution in [1.82, 2.24) is 10.2 Å². The fraction of sp³-hybridized carbons (Fsp3) is 0.250. The average molecular weight is 434 g/mol. The summed E-state index contributed by atoms with van der Waals surface area (Å²) in [6, 6.07) is 13.5. The van der Waals surface area contributed by atoms with Gasteiger partial charge < -0.3 is 4.42 Å². The monoisotopic (exact) mass is 433 g/mol. The molecule has 0 radical (unpaired) electrons. The molecule has 0 aliphatic heterocycles. The van der Waals surface area contributed by atoms with Crippen molar-refractivity contribution in [3.8, 4) is 0 Å². The molecule has 7 nitrogen and oxygen atoms in total. The van der Waals surface area contributed by atoms with E-state index in [1.165, 1.54) is 0 Å². The zero-order valence-corrected chi connectivity index (χ0v) is 17.5. The van der Waals surface area contributed by atoms with E-state index >= 15 is 0 Å². The van der Waals surface area contributed by atoms with Crippen molar-refractivity contribution in [2.75, 3.05) is 5.32 Å². The maximum Gasteiger partial charge on any atom is 0.322 e. The highest BCUT2D eigenvalue weighted by Crippen LogP contribution is 2.18. The van der Waals surface area contributed by atoms with Crippen LogP contribution < -0.4 is 5.32 Å². The summed E-state index contributed by atoms with van der Waals surface area (Å²) >= 11 is 5.83. The summed E-state index contributed by atoms with van der Waals surface area (Å²) in [4.78, 5) is 12.4. The number of carbonyl (C=O) groups is 1. The molecule has 1 heterocycles. The Kier molecular flexibility index (Phi) is 6.34. The van der Waals surface area contributed by atoms with Crippen molar-refractivity contribution in [3.05, 3.63) is 70.6 Å². The maximum atomic E-state index is 12.2. The van der Waals surface area contributed by atoms with Gasteiger partial charge in [-0.1, -0.05) is 41.0 Å². The van der Waals surface area contributed by atoms with Gasteiger partial charge in [0.15, 0.2) is 9.84 Å². The van der Waals surface area contributed by atoms with Crippen molar-refractivity contribution in [3.63, 3.8) is 0 Å². The van der Waals surface area contributed by atoms with E-state index in [9.17, 15) is 13.2 Å². The lowest BCUT2D eigenvalue weighted by Crippen LogP contribution is -2.14. The van der Waals surface area contributed by atoms with Crippen LogP contribution in [-0.2, 0) is 27.5 Å². The molecule has 152 valence electrons. The lowest BCUT2D eigenvalue weighted by atomic mass is 10.1. The summed E-state index contributed by atoms with van der Waals surface area (Å²) in [5, 5.41) is 10.4. The first-order valence-electron chi connectivity index (χ1n) is 8.93. The summed E-state index contributed by atoms with van der Waals surface area (Å²) in [7, 11) is -3.31. The number of anilines is 1. The lowest BCUT2D eigenvalue weighted by molar-refractivity contribution is -0.115. The smallest absolute Gasteiger partial charge is 0.322 e. The Bertz CT molecular complexity index is 1090. The van der Waals surface area contributed by atoms with E-state index in [1.54, 1.807) is 62.4 Å². The third kappa shape index (κ3) is 5.42. The van der Waals surface area contributed by atoms with Crippen molar-refractivity contribution in [2.45, 2.75) is 36.8 Å². The number of rotatable bonds is 7. The Morgan fingerprint density at radius 1 is 1.03 bits per heavy atom. The van der Waals surface area contributed by atoms with Gasteiger partial charge in [-0.3, -0.25) is 10.1 Å². The first kappa shape index (κ1) is 21.0. The van der Waals surface area contributed by atoms with Crippen molar-refractivity contribution >= 4 is 33.4 Å². The molecule has 0 bridgehead atoms. The van der Waals surface area contributed by atoms with Crippen LogP contribution in [0.3, 0.4) is 0 Å². The molecule has 0 aliphatic rings. The number of amides is 1. The summed E-state index contributed by atoms with van der Waals surface area (Å²) in [5.74, 6) is 0.0250. The molecule has 0 spiro atoms. The van der Waals surface area contributed by atoms with Gasteiger partial charge in [0.1, 0.15) is 0 Å². The molecule has 0 atom stereocenters. The molecule has 0 unspecified atom stereocenters. The minimum atomic E-state index is -3.31. The van der Waals surface area contributed by atoms with Gasteiger partial charge in [0.2, 0.25) is 11.8 Å². The van der Waals surface area contributed by atoms with E-state index in [-0.39, 0.29) is 23.2 Å². The van der Waals surface area contributed by atoms with Gasteiger partial charge >= 0.3 is 6.01 Å². The van der Waals surface area contributed by atoms with Gasteiger partial charge in [-0.05, 0) is 49.2 Å². The minimum Gasteiger partial charge on any atom is -0.407 e. The number of nitrogens with one attached hydrogen (secondary N) is 1. The van der Waals surface area contributed by atoms with Gasteiger partial charge in [0.25, 0.3) is 0 Å². The van der Waals surface area contributed by atoms with Crippen molar-refractivity contribution in [1.29, 1.82) is 0 Å². The molecule has 2 aromatic carbocycles. The minimum absolute atomic E-state index is 0.0120. The van der Waals surface area contributed by atoms with Gasteiger partial charge in [0, 0.05) is 5.02 Å². The Labute approximate surface area is 174 Å².